The lowest BCUT2D eigenvalue weighted by Gasteiger charge is -2.27. The first-order valence-electron chi connectivity index (χ1n) is 8.14. The molecule has 0 amide bonds. The second kappa shape index (κ2) is 7.38. The highest BCUT2D eigenvalue weighted by molar-refractivity contribution is 5.75. The Kier molecular flexibility index (Phi) is 5.03. The summed E-state index contributed by atoms with van der Waals surface area (Å²) >= 11 is 0. The number of benzene rings is 1. The van der Waals surface area contributed by atoms with E-state index in [1.807, 2.05) is 49.5 Å². The van der Waals surface area contributed by atoms with E-state index in [1.54, 1.807) is 0 Å². The van der Waals surface area contributed by atoms with E-state index in [-0.39, 0.29) is 18.1 Å². The van der Waals surface area contributed by atoms with Gasteiger partial charge in [-0.25, -0.2) is 0 Å². The zero-order valence-electron chi connectivity index (χ0n) is 13.4. The first kappa shape index (κ1) is 15.7. The highest BCUT2D eigenvalue weighted by Crippen LogP contribution is 2.28. The van der Waals surface area contributed by atoms with Gasteiger partial charge in [0.2, 0.25) is 0 Å². The van der Waals surface area contributed by atoms with Crippen LogP contribution in [0, 0.1) is 0 Å². The summed E-state index contributed by atoms with van der Waals surface area (Å²) in [5.74, 6) is -0.225. The number of nitrogens with one attached hydrogen (secondary N) is 1. The van der Waals surface area contributed by atoms with E-state index in [0.29, 0.717) is 6.61 Å². The van der Waals surface area contributed by atoms with Crippen molar-refractivity contribution in [3.63, 3.8) is 0 Å². The van der Waals surface area contributed by atoms with Gasteiger partial charge in [0.25, 0.3) is 0 Å². The molecule has 4 heteroatoms. The number of fused-ring (bicyclic) bond motifs is 1. The van der Waals surface area contributed by atoms with Crippen LogP contribution in [0.3, 0.4) is 0 Å². The van der Waals surface area contributed by atoms with E-state index in [1.165, 1.54) is 5.56 Å². The van der Waals surface area contributed by atoms with Crippen LogP contribution >= 0.6 is 0 Å². The predicted octanol–water partition coefficient (Wildman–Crippen LogP) is 3.18. The average molecular weight is 310 g/mol. The predicted molar refractivity (Wildman–Crippen MR) is 88.8 cm³/mol. The molecule has 1 aliphatic rings. The third kappa shape index (κ3) is 3.96. The lowest BCUT2D eigenvalue weighted by Crippen LogP contribution is -2.39. The van der Waals surface area contributed by atoms with Gasteiger partial charge in [-0.3, -0.25) is 15.1 Å². The summed E-state index contributed by atoms with van der Waals surface area (Å²) in [6.45, 7) is 2.16. The van der Waals surface area contributed by atoms with Crippen molar-refractivity contribution in [3.05, 3.63) is 65.5 Å². The highest BCUT2D eigenvalue weighted by Gasteiger charge is 2.25. The van der Waals surface area contributed by atoms with Crippen molar-refractivity contribution in [1.29, 1.82) is 0 Å². The second-order valence-electron chi connectivity index (χ2n) is 5.97. The Bertz CT molecular complexity index is 657. The van der Waals surface area contributed by atoms with Crippen LogP contribution in [0.25, 0.3) is 0 Å². The zero-order chi connectivity index (χ0) is 16.1. The number of aryl methyl sites for hydroxylation is 1. The molecule has 0 spiro atoms. The summed E-state index contributed by atoms with van der Waals surface area (Å²) in [4.78, 5) is 16.7. The summed E-state index contributed by atoms with van der Waals surface area (Å²) in [7, 11) is 0. The highest BCUT2D eigenvalue weighted by atomic mass is 16.5. The third-order valence-corrected chi connectivity index (χ3v) is 4.22. The summed E-state index contributed by atoms with van der Waals surface area (Å²) < 4.78 is 5.40. The summed E-state index contributed by atoms with van der Waals surface area (Å²) in [6.07, 6.45) is 4.99. The van der Waals surface area contributed by atoms with Crippen LogP contribution in [0.4, 0.5) is 0 Å². The molecule has 120 valence electrons. The Morgan fingerprint density at radius 3 is 2.96 bits per heavy atom. The van der Waals surface area contributed by atoms with Crippen molar-refractivity contribution in [1.82, 2.24) is 10.3 Å². The molecule has 0 saturated heterocycles. The quantitative estimate of drug-likeness (QED) is 0.862. The van der Waals surface area contributed by atoms with Crippen LogP contribution in [0.1, 0.15) is 42.6 Å². The molecular weight excluding hydrogens is 288 g/mol. The SMILES string of the molecule is CC(NC1CCCc2cccnc21)C(=O)OCc1ccccc1. The Morgan fingerprint density at radius 2 is 2.13 bits per heavy atom. The van der Waals surface area contributed by atoms with E-state index in [2.05, 4.69) is 16.4 Å². The van der Waals surface area contributed by atoms with Gasteiger partial charge in [0, 0.05) is 6.20 Å². The van der Waals surface area contributed by atoms with Gasteiger partial charge in [0.1, 0.15) is 12.6 Å². The van der Waals surface area contributed by atoms with Gasteiger partial charge < -0.3 is 4.74 Å². The lowest BCUT2D eigenvalue weighted by molar-refractivity contribution is -0.147. The smallest absolute Gasteiger partial charge is 0.323 e. The molecule has 0 fully saturated rings. The van der Waals surface area contributed by atoms with Crippen LogP contribution in [0.2, 0.25) is 0 Å². The molecule has 1 aromatic carbocycles. The molecular formula is C19H22N2O2. The number of aromatic nitrogens is 1. The van der Waals surface area contributed by atoms with Gasteiger partial charge >= 0.3 is 5.97 Å². The van der Waals surface area contributed by atoms with Gasteiger partial charge in [-0.05, 0) is 43.4 Å². The van der Waals surface area contributed by atoms with Crippen LogP contribution in [-0.2, 0) is 22.6 Å². The van der Waals surface area contributed by atoms with Crippen molar-refractivity contribution in [2.75, 3.05) is 0 Å². The molecule has 0 saturated carbocycles. The summed E-state index contributed by atoms with van der Waals surface area (Å²) in [5, 5.41) is 3.37. The molecule has 0 radical (unpaired) electrons. The first-order valence-corrected chi connectivity index (χ1v) is 8.14. The zero-order valence-corrected chi connectivity index (χ0v) is 13.4. The van der Waals surface area contributed by atoms with E-state index < -0.39 is 0 Å². The molecule has 2 aromatic rings. The summed E-state index contributed by atoms with van der Waals surface area (Å²) in [6, 6.07) is 13.6. The number of pyridine rings is 1. The maximum absolute atomic E-state index is 12.2. The summed E-state index contributed by atoms with van der Waals surface area (Å²) in [5.41, 5.74) is 3.35. The molecule has 2 atom stereocenters. The molecule has 23 heavy (non-hydrogen) atoms. The van der Waals surface area contributed by atoms with Crippen LogP contribution < -0.4 is 5.32 Å². The number of rotatable bonds is 5. The fraction of sp³-hybridized carbons (Fsp3) is 0.368. The molecule has 3 rings (SSSR count). The van der Waals surface area contributed by atoms with Crippen LogP contribution in [-0.4, -0.2) is 17.0 Å². The minimum atomic E-state index is -0.350. The molecule has 4 nitrogen and oxygen atoms in total. The third-order valence-electron chi connectivity index (χ3n) is 4.22. The van der Waals surface area contributed by atoms with Crippen LogP contribution in [0.5, 0.6) is 0 Å². The maximum atomic E-state index is 12.2. The number of ether oxygens (including phenoxy) is 1. The Balaban J connectivity index is 1.57. The van der Waals surface area contributed by atoms with Gasteiger partial charge in [-0.2, -0.15) is 0 Å². The van der Waals surface area contributed by atoms with Crippen molar-refractivity contribution < 1.29 is 9.53 Å². The number of esters is 1. The standard InChI is InChI=1S/C19H22N2O2/c1-14(19(22)23-13-15-7-3-2-4-8-15)21-17-11-5-9-16-10-6-12-20-18(16)17/h2-4,6-8,10,12,14,17,21H,5,9,11,13H2,1H3. The average Bonchev–Trinajstić information content (AvgIpc) is 2.61. The molecule has 1 aromatic heterocycles. The Hall–Kier alpha value is -2.20. The minimum absolute atomic E-state index is 0.124. The molecule has 1 aliphatic carbocycles. The van der Waals surface area contributed by atoms with Gasteiger partial charge in [-0.15, -0.1) is 0 Å². The molecule has 2 unspecified atom stereocenters. The van der Waals surface area contributed by atoms with Crippen molar-refractivity contribution in [3.8, 4) is 0 Å². The van der Waals surface area contributed by atoms with Crippen molar-refractivity contribution in [2.24, 2.45) is 0 Å². The van der Waals surface area contributed by atoms with Gasteiger partial charge in [-0.1, -0.05) is 36.4 Å². The van der Waals surface area contributed by atoms with Gasteiger partial charge in [0.05, 0.1) is 11.7 Å². The first-order chi connectivity index (χ1) is 11.2. The minimum Gasteiger partial charge on any atom is -0.460 e. The molecule has 0 aliphatic heterocycles. The van der Waals surface area contributed by atoms with E-state index in [4.69, 9.17) is 4.74 Å². The topological polar surface area (TPSA) is 51.2 Å². The number of carbonyl (C=O) groups excluding carboxylic acids is 1. The van der Waals surface area contributed by atoms with Crippen LogP contribution in [0.15, 0.2) is 48.7 Å². The number of hydrogen-bond donors (Lipinski definition) is 1. The largest absolute Gasteiger partial charge is 0.460 e. The maximum Gasteiger partial charge on any atom is 0.323 e. The van der Waals surface area contributed by atoms with Gasteiger partial charge in [0.15, 0.2) is 0 Å². The lowest BCUT2D eigenvalue weighted by atomic mass is 9.91. The Labute approximate surface area is 136 Å². The second-order valence-corrected chi connectivity index (χ2v) is 5.97. The van der Waals surface area contributed by atoms with E-state index >= 15 is 0 Å². The molecule has 1 heterocycles. The van der Waals surface area contributed by atoms with Crippen molar-refractivity contribution in [2.45, 2.75) is 44.9 Å². The normalized spacial score (nSPS) is 18.0. The fourth-order valence-corrected chi connectivity index (χ4v) is 3.00. The fourth-order valence-electron chi connectivity index (χ4n) is 3.00. The number of carbonyl (C=O) groups is 1. The monoisotopic (exact) mass is 310 g/mol. The number of hydrogen-bond acceptors (Lipinski definition) is 4. The molecule has 1 N–H and O–H groups in total. The Morgan fingerprint density at radius 1 is 1.30 bits per heavy atom. The number of nitrogens with zero attached hydrogens (tertiary/aromatic N) is 1. The van der Waals surface area contributed by atoms with E-state index in [9.17, 15) is 4.79 Å². The molecule has 0 bridgehead atoms. The van der Waals surface area contributed by atoms with Crippen molar-refractivity contribution >= 4 is 5.97 Å². The van der Waals surface area contributed by atoms with E-state index in [0.717, 1.165) is 30.5 Å².